The van der Waals surface area contributed by atoms with Crippen LogP contribution in [-0.2, 0) is 19.2 Å². The molecule has 0 fully saturated rings. The fraction of sp³-hybridized carbons (Fsp3) is 0.600. The van der Waals surface area contributed by atoms with Crippen LogP contribution in [0.25, 0.3) is 0 Å². The van der Waals surface area contributed by atoms with E-state index in [0.29, 0.717) is 0 Å². The van der Waals surface area contributed by atoms with Gasteiger partial charge in [-0.1, -0.05) is 0 Å². The SMILES string of the molecule is O=C(Cl)CN(CCN(CC(=O)Cl)CC(=O)Cl)CC(=O)Cl. The first-order valence-electron chi connectivity index (χ1n) is 5.38. The van der Waals surface area contributed by atoms with Gasteiger partial charge in [0.15, 0.2) is 0 Å². The van der Waals surface area contributed by atoms with Crippen LogP contribution in [0.1, 0.15) is 0 Å². The van der Waals surface area contributed by atoms with Gasteiger partial charge >= 0.3 is 0 Å². The summed E-state index contributed by atoms with van der Waals surface area (Å²) in [5.41, 5.74) is 0. The van der Waals surface area contributed by atoms with E-state index in [9.17, 15) is 19.2 Å². The third-order valence-electron chi connectivity index (χ3n) is 2.12. The summed E-state index contributed by atoms with van der Waals surface area (Å²) in [6, 6.07) is 0. The lowest BCUT2D eigenvalue weighted by atomic mass is 10.4. The Bertz CT molecular complexity index is 323. The number of hydrogen-bond donors (Lipinski definition) is 0. The lowest BCUT2D eigenvalue weighted by molar-refractivity contribution is -0.118. The third-order valence-corrected chi connectivity index (χ3v) is 2.60. The van der Waals surface area contributed by atoms with Crippen molar-refractivity contribution >= 4 is 67.4 Å². The quantitative estimate of drug-likeness (QED) is 0.500. The van der Waals surface area contributed by atoms with Crippen molar-refractivity contribution in [1.29, 1.82) is 0 Å². The van der Waals surface area contributed by atoms with Crippen molar-refractivity contribution in [1.82, 2.24) is 9.80 Å². The summed E-state index contributed by atoms with van der Waals surface area (Å²) in [6.07, 6.45) is 0. The Hall–Kier alpha value is -0.240. The van der Waals surface area contributed by atoms with Gasteiger partial charge in [0.05, 0.1) is 26.2 Å². The van der Waals surface area contributed by atoms with Crippen molar-refractivity contribution in [2.75, 3.05) is 39.3 Å². The molecule has 0 N–H and O–H groups in total. The summed E-state index contributed by atoms with van der Waals surface area (Å²) in [7, 11) is 0. The molecular weight excluding hydrogens is 354 g/mol. The van der Waals surface area contributed by atoms with E-state index in [2.05, 4.69) is 0 Å². The van der Waals surface area contributed by atoms with Gasteiger partial charge in [-0.3, -0.25) is 29.0 Å². The Labute approximate surface area is 135 Å². The van der Waals surface area contributed by atoms with Crippen LogP contribution >= 0.6 is 46.4 Å². The summed E-state index contributed by atoms with van der Waals surface area (Å²) < 4.78 is 0. The molecule has 0 radical (unpaired) electrons. The van der Waals surface area contributed by atoms with E-state index in [0.717, 1.165) is 0 Å². The van der Waals surface area contributed by atoms with Crippen molar-refractivity contribution in [3.8, 4) is 0 Å². The maximum atomic E-state index is 10.8. The highest BCUT2D eigenvalue weighted by molar-refractivity contribution is 6.65. The van der Waals surface area contributed by atoms with Crippen molar-refractivity contribution in [3.63, 3.8) is 0 Å². The topological polar surface area (TPSA) is 74.8 Å². The summed E-state index contributed by atoms with van der Waals surface area (Å²) >= 11 is 21.0. The number of hydrogen-bond acceptors (Lipinski definition) is 6. The predicted octanol–water partition coefficient (Wildman–Crippen LogP) is 0.652. The molecule has 0 saturated heterocycles. The van der Waals surface area contributed by atoms with Crippen LogP contribution in [-0.4, -0.2) is 70.0 Å². The molecular formula is C10H12Cl4N2O4. The number of rotatable bonds is 11. The molecule has 0 atom stereocenters. The molecule has 10 heteroatoms. The largest absolute Gasteiger partial charge is 0.285 e. The molecule has 0 aliphatic carbocycles. The van der Waals surface area contributed by atoms with Gasteiger partial charge in [-0.2, -0.15) is 0 Å². The van der Waals surface area contributed by atoms with Crippen LogP contribution in [0, 0.1) is 0 Å². The molecule has 0 aliphatic heterocycles. The number of halogens is 4. The molecule has 0 aromatic carbocycles. The zero-order valence-electron chi connectivity index (χ0n) is 10.3. The van der Waals surface area contributed by atoms with Crippen molar-refractivity contribution < 1.29 is 19.2 Å². The smallest absolute Gasteiger partial charge is 0.235 e. The van der Waals surface area contributed by atoms with Crippen LogP contribution in [0.3, 0.4) is 0 Å². The Balaban J connectivity index is 4.49. The summed E-state index contributed by atoms with van der Waals surface area (Å²) in [5, 5.41) is -2.62. The Morgan fingerprint density at radius 3 is 0.900 bits per heavy atom. The van der Waals surface area contributed by atoms with Crippen LogP contribution < -0.4 is 0 Å². The summed E-state index contributed by atoms with van der Waals surface area (Å²) in [6.45, 7) is -0.361. The minimum Gasteiger partial charge on any atom is -0.285 e. The molecule has 0 spiro atoms. The molecule has 0 saturated carbocycles. The Morgan fingerprint density at radius 1 is 0.550 bits per heavy atom. The molecule has 0 aromatic heterocycles. The molecule has 0 aliphatic rings. The third kappa shape index (κ3) is 11.6. The highest BCUT2D eigenvalue weighted by Gasteiger charge is 2.16. The monoisotopic (exact) mass is 364 g/mol. The van der Waals surface area contributed by atoms with Gasteiger partial charge in [0.2, 0.25) is 21.0 Å². The predicted molar refractivity (Wildman–Crippen MR) is 76.3 cm³/mol. The molecule has 20 heavy (non-hydrogen) atoms. The fourth-order valence-corrected chi connectivity index (χ4v) is 2.09. The van der Waals surface area contributed by atoms with Gasteiger partial charge in [0, 0.05) is 13.1 Å². The zero-order chi connectivity index (χ0) is 15.7. The van der Waals surface area contributed by atoms with Crippen LogP contribution in [0.2, 0.25) is 0 Å². The van der Waals surface area contributed by atoms with Gasteiger partial charge in [0.1, 0.15) is 0 Å². The minimum absolute atomic E-state index is 0.183. The van der Waals surface area contributed by atoms with Gasteiger partial charge in [0.25, 0.3) is 0 Å². The maximum Gasteiger partial charge on any atom is 0.235 e. The van der Waals surface area contributed by atoms with Gasteiger partial charge in [-0.25, -0.2) is 0 Å². The van der Waals surface area contributed by atoms with Gasteiger partial charge in [-0.15, -0.1) is 0 Å². The summed E-state index contributed by atoms with van der Waals surface area (Å²) in [4.78, 5) is 46.1. The first-order valence-corrected chi connectivity index (χ1v) is 6.90. The van der Waals surface area contributed by atoms with Gasteiger partial charge < -0.3 is 0 Å². The average molecular weight is 366 g/mol. The average Bonchev–Trinajstić information content (AvgIpc) is 2.22. The first kappa shape index (κ1) is 19.8. The lowest BCUT2D eigenvalue weighted by Gasteiger charge is -2.23. The van der Waals surface area contributed by atoms with E-state index >= 15 is 0 Å². The van der Waals surface area contributed by atoms with Crippen molar-refractivity contribution in [2.24, 2.45) is 0 Å². The highest BCUT2D eigenvalue weighted by Crippen LogP contribution is 1.99. The second-order valence-electron chi connectivity index (χ2n) is 3.84. The number of carbonyl (C=O) groups is 4. The second kappa shape index (κ2) is 10.5. The Morgan fingerprint density at radius 2 is 0.750 bits per heavy atom. The molecule has 0 heterocycles. The summed E-state index contributed by atoms with van der Waals surface area (Å²) in [5.74, 6) is 0. The van der Waals surface area contributed by atoms with E-state index in [4.69, 9.17) is 46.4 Å². The van der Waals surface area contributed by atoms with E-state index in [1.54, 1.807) is 0 Å². The molecule has 0 bridgehead atoms. The lowest BCUT2D eigenvalue weighted by Crippen LogP contribution is -2.41. The molecule has 0 aromatic rings. The van der Waals surface area contributed by atoms with E-state index < -0.39 is 21.0 Å². The fourth-order valence-electron chi connectivity index (χ4n) is 1.41. The zero-order valence-corrected chi connectivity index (χ0v) is 13.3. The maximum absolute atomic E-state index is 10.8. The standard InChI is InChI=1S/C10H12Cl4N2O4/c11-7(17)3-15(4-8(12)18)1-2-16(5-9(13)19)6-10(14)20/h1-6H2. The first-order chi connectivity index (χ1) is 9.20. The van der Waals surface area contributed by atoms with E-state index in [-0.39, 0.29) is 39.3 Å². The molecule has 0 amide bonds. The van der Waals surface area contributed by atoms with Crippen LogP contribution in [0.5, 0.6) is 0 Å². The minimum atomic E-state index is -0.656. The molecule has 0 rings (SSSR count). The highest BCUT2D eigenvalue weighted by atomic mass is 35.5. The molecule has 114 valence electrons. The normalized spacial score (nSPS) is 10.9. The van der Waals surface area contributed by atoms with Crippen LogP contribution in [0.15, 0.2) is 0 Å². The Kier molecular flexibility index (Phi) is 10.4. The van der Waals surface area contributed by atoms with Crippen LogP contribution in [0.4, 0.5) is 0 Å². The number of nitrogens with zero attached hydrogens (tertiary/aromatic N) is 2. The van der Waals surface area contributed by atoms with Crippen molar-refractivity contribution in [3.05, 3.63) is 0 Å². The van der Waals surface area contributed by atoms with Crippen molar-refractivity contribution in [2.45, 2.75) is 0 Å². The molecule has 0 unspecified atom stereocenters. The van der Waals surface area contributed by atoms with E-state index in [1.165, 1.54) is 9.80 Å². The second-order valence-corrected chi connectivity index (χ2v) is 5.53. The number of carbonyl (C=O) groups excluding carboxylic acids is 4. The molecule has 6 nitrogen and oxygen atoms in total. The van der Waals surface area contributed by atoms with E-state index in [1.807, 2.05) is 0 Å². The van der Waals surface area contributed by atoms with Gasteiger partial charge in [-0.05, 0) is 46.4 Å².